The number of non-ortho nitro benzene ring substituents is 1. The number of hydrogen-bond donors (Lipinski definition) is 1. The third-order valence-corrected chi connectivity index (χ3v) is 6.72. The number of halogens is 1. The zero-order chi connectivity index (χ0) is 24.8. The fourth-order valence-corrected chi connectivity index (χ4v) is 4.90. The highest BCUT2D eigenvalue weighted by Crippen LogP contribution is 2.32. The Kier molecular flexibility index (Phi) is 8.06. The Labute approximate surface area is 205 Å². The number of anilines is 1. The molecule has 2 aliphatic heterocycles. The number of benzene rings is 2. The molecule has 4 rings (SSSR count). The van der Waals surface area contributed by atoms with Gasteiger partial charge in [-0.2, -0.15) is 0 Å². The standard InChI is InChI=1S/C23H24FN5O5S/c24-18-6-1-2-7-19(18)26-23-28(9-8-27-10-12-34-13-11-27)22(31)20(35-23)15-21(30)25-16-4-3-5-17(14-16)29(32)33/h1-7,14,20H,8-13,15H2,(H,25,30)/t20-/m0/s1. The molecule has 2 fully saturated rings. The largest absolute Gasteiger partial charge is 0.379 e. The molecule has 2 heterocycles. The van der Waals surface area contributed by atoms with Gasteiger partial charge in [0.05, 0.1) is 18.1 Å². The lowest BCUT2D eigenvalue weighted by Gasteiger charge is -2.28. The smallest absolute Gasteiger partial charge is 0.271 e. The molecule has 1 atom stereocenters. The van der Waals surface area contributed by atoms with Crippen LogP contribution in [0.25, 0.3) is 0 Å². The number of nitro benzene ring substituents is 1. The molecule has 0 spiro atoms. The van der Waals surface area contributed by atoms with Gasteiger partial charge < -0.3 is 10.1 Å². The molecule has 2 amide bonds. The number of morpholine rings is 1. The molecule has 0 aliphatic carbocycles. The van der Waals surface area contributed by atoms with Crippen molar-refractivity contribution in [1.29, 1.82) is 0 Å². The van der Waals surface area contributed by atoms with Gasteiger partial charge in [0.1, 0.15) is 16.8 Å². The number of carbonyl (C=O) groups excluding carboxylic acids is 2. The summed E-state index contributed by atoms with van der Waals surface area (Å²) in [6.45, 7) is 3.70. The number of amidine groups is 1. The van der Waals surface area contributed by atoms with Crippen molar-refractivity contribution < 1.29 is 23.6 Å². The van der Waals surface area contributed by atoms with Crippen molar-refractivity contribution in [3.05, 3.63) is 64.5 Å². The summed E-state index contributed by atoms with van der Waals surface area (Å²) in [7, 11) is 0. The summed E-state index contributed by atoms with van der Waals surface area (Å²) >= 11 is 1.11. The van der Waals surface area contributed by atoms with E-state index in [9.17, 15) is 24.1 Å². The average Bonchev–Trinajstić information content (AvgIpc) is 3.13. The number of amides is 2. The number of ether oxygens (including phenoxy) is 1. The predicted octanol–water partition coefficient (Wildman–Crippen LogP) is 3.03. The lowest BCUT2D eigenvalue weighted by molar-refractivity contribution is -0.384. The third-order valence-electron chi connectivity index (χ3n) is 5.54. The second-order valence-electron chi connectivity index (χ2n) is 7.96. The van der Waals surface area contributed by atoms with E-state index in [0.29, 0.717) is 31.5 Å². The van der Waals surface area contributed by atoms with Crippen LogP contribution in [-0.2, 0) is 14.3 Å². The highest BCUT2D eigenvalue weighted by Gasteiger charge is 2.39. The first kappa shape index (κ1) is 24.8. The summed E-state index contributed by atoms with van der Waals surface area (Å²) in [4.78, 5) is 44.3. The molecular weight excluding hydrogens is 477 g/mol. The van der Waals surface area contributed by atoms with Crippen LogP contribution in [0.2, 0.25) is 0 Å². The van der Waals surface area contributed by atoms with Gasteiger partial charge in [-0.1, -0.05) is 30.0 Å². The van der Waals surface area contributed by atoms with E-state index in [1.807, 2.05) is 0 Å². The van der Waals surface area contributed by atoms with Gasteiger partial charge in [0.2, 0.25) is 11.8 Å². The maximum atomic E-state index is 14.2. The Bertz CT molecular complexity index is 1140. The number of aliphatic imine (C=N–C) groups is 1. The third kappa shape index (κ3) is 6.41. The van der Waals surface area contributed by atoms with E-state index in [-0.39, 0.29) is 29.4 Å². The molecule has 2 aliphatic rings. The molecule has 35 heavy (non-hydrogen) atoms. The van der Waals surface area contributed by atoms with Gasteiger partial charge in [0.15, 0.2) is 5.17 Å². The fraction of sp³-hybridized carbons (Fsp3) is 0.348. The Balaban J connectivity index is 1.47. The maximum absolute atomic E-state index is 14.2. The molecule has 2 aromatic rings. The lowest BCUT2D eigenvalue weighted by atomic mass is 10.2. The summed E-state index contributed by atoms with van der Waals surface area (Å²) in [5, 5.41) is 13.2. The second-order valence-corrected chi connectivity index (χ2v) is 9.13. The topological polar surface area (TPSA) is 117 Å². The normalized spacial score (nSPS) is 19.8. The number of carbonyl (C=O) groups is 2. The van der Waals surface area contributed by atoms with Crippen molar-refractivity contribution in [3.63, 3.8) is 0 Å². The molecule has 0 bridgehead atoms. The zero-order valence-corrected chi connectivity index (χ0v) is 19.6. The minimum Gasteiger partial charge on any atom is -0.379 e. The molecule has 0 aromatic heterocycles. The molecule has 1 N–H and O–H groups in total. The van der Waals surface area contributed by atoms with Crippen molar-refractivity contribution in [1.82, 2.24) is 9.80 Å². The number of nitrogens with zero attached hydrogens (tertiary/aromatic N) is 4. The quantitative estimate of drug-likeness (QED) is 0.436. The molecule has 0 saturated carbocycles. The molecule has 2 saturated heterocycles. The van der Waals surface area contributed by atoms with Gasteiger partial charge >= 0.3 is 0 Å². The molecular formula is C23H24FN5O5S. The monoisotopic (exact) mass is 501 g/mol. The van der Waals surface area contributed by atoms with Gasteiger partial charge in [-0.15, -0.1) is 0 Å². The lowest BCUT2D eigenvalue weighted by Crippen LogP contribution is -2.43. The zero-order valence-electron chi connectivity index (χ0n) is 18.8. The van der Waals surface area contributed by atoms with Gasteiger partial charge in [0.25, 0.3) is 5.69 Å². The SMILES string of the molecule is O=C(C[C@@H]1SC(=Nc2ccccc2F)N(CCN2CCOCC2)C1=O)Nc1cccc([N+](=O)[O-])c1. The molecule has 0 radical (unpaired) electrons. The number of hydrogen-bond acceptors (Lipinski definition) is 8. The first-order chi connectivity index (χ1) is 16.9. The van der Waals surface area contributed by atoms with Gasteiger partial charge in [0, 0.05) is 50.4 Å². The Morgan fingerprint density at radius 2 is 1.97 bits per heavy atom. The van der Waals surface area contributed by atoms with Crippen molar-refractivity contribution in [2.24, 2.45) is 4.99 Å². The number of nitrogens with one attached hydrogen (secondary N) is 1. The van der Waals surface area contributed by atoms with Crippen LogP contribution >= 0.6 is 11.8 Å². The van der Waals surface area contributed by atoms with Crippen molar-refractivity contribution >= 4 is 45.8 Å². The molecule has 10 nitrogen and oxygen atoms in total. The summed E-state index contributed by atoms with van der Waals surface area (Å²) in [5.74, 6) is -1.25. The molecule has 2 aromatic carbocycles. The van der Waals surface area contributed by atoms with Crippen molar-refractivity contribution in [2.45, 2.75) is 11.7 Å². The molecule has 0 unspecified atom stereocenters. The summed E-state index contributed by atoms with van der Waals surface area (Å²) in [5.41, 5.74) is 0.229. The first-order valence-electron chi connectivity index (χ1n) is 11.1. The van der Waals surface area contributed by atoms with Gasteiger partial charge in [-0.05, 0) is 18.2 Å². The van der Waals surface area contributed by atoms with Crippen LogP contribution in [0, 0.1) is 15.9 Å². The predicted molar refractivity (Wildman–Crippen MR) is 130 cm³/mol. The Morgan fingerprint density at radius 3 is 2.71 bits per heavy atom. The van der Waals surface area contributed by atoms with Crippen LogP contribution in [0.3, 0.4) is 0 Å². The van der Waals surface area contributed by atoms with E-state index in [0.717, 1.165) is 24.9 Å². The highest BCUT2D eigenvalue weighted by atomic mass is 32.2. The number of nitro groups is 1. The maximum Gasteiger partial charge on any atom is 0.271 e. The van der Waals surface area contributed by atoms with E-state index in [2.05, 4.69) is 15.2 Å². The Morgan fingerprint density at radius 1 is 1.20 bits per heavy atom. The van der Waals surface area contributed by atoms with E-state index < -0.39 is 21.9 Å². The van der Waals surface area contributed by atoms with Crippen LogP contribution in [0.15, 0.2) is 53.5 Å². The second kappa shape index (κ2) is 11.4. The summed E-state index contributed by atoms with van der Waals surface area (Å²) in [6, 6.07) is 11.6. The van der Waals surface area contributed by atoms with Crippen molar-refractivity contribution in [3.8, 4) is 0 Å². The molecule has 184 valence electrons. The number of rotatable bonds is 8. The summed E-state index contributed by atoms with van der Waals surface area (Å²) < 4.78 is 19.6. The van der Waals surface area contributed by atoms with Gasteiger partial charge in [-0.25, -0.2) is 9.38 Å². The van der Waals surface area contributed by atoms with E-state index in [4.69, 9.17) is 4.74 Å². The van der Waals surface area contributed by atoms with Crippen LogP contribution < -0.4 is 5.32 Å². The number of thioether (sulfide) groups is 1. The fourth-order valence-electron chi connectivity index (χ4n) is 3.72. The van der Waals surface area contributed by atoms with E-state index in [1.54, 1.807) is 12.1 Å². The van der Waals surface area contributed by atoms with Crippen LogP contribution in [0.4, 0.5) is 21.5 Å². The average molecular weight is 502 g/mol. The minimum atomic E-state index is -0.746. The number of para-hydroxylation sites is 1. The van der Waals surface area contributed by atoms with Crippen LogP contribution in [0.5, 0.6) is 0 Å². The highest BCUT2D eigenvalue weighted by molar-refractivity contribution is 8.15. The minimum absolute atomic E-state index is 0.112. The van der Waals surface area contributed by atoms with E-state index in [1.165, 1.54) is 41.3 Å². The Hall–Kier alpha value is -3.35. The molecule has 12 heteroatoms. The van der Waals surface area contributed by atoms with Crippen LogP contribution in [0.1, 0.15) is 6.42 Å². The first-order valence-corrected chi connectivity index (χ1v) is 11.9. The van der Waals surface area contributed by atoms with Gasteiger partial charge in [-0.3, -0.25) is 29.5 Å². The van der Waals surface area contributed by atoms with Crippen LogP contribution in [-0.4, -0.2) is 76.3 Å². The summed E-state index contributed by atoms with van der Waals surface area (Å²) in [6.07, 6.45) is -0.156. The van der Waals surface area contributed by atoms with E-state index >= 15 is 0 Å². The van der Waals surface area contributed by atoms with Crippen molar-refractivity contribution in [2.75, 3.05) is 44.7 Å².